The summed E-state index contributed by atoms with van der Waals surface area (Å²) in [6.07, 6.45) is 0. The van der Waals surface area contributed by atoms with Crippen LogP contribution in [0.15, 0.2) is 84.1 Å². The van der Waals surface area contributed by atoms with Gasteiger partial charge in [-0.05, 0) is 63.2 Å². The topological polar surface area (TPSA) is 84.3 Å². The van der Waals surface area contributed by atoms with E-state index in [0.29, 0.717) is 39.5 Å². The standard InChI is InChI=1S/C30H31ClN6O2/c1-5-36(6-2)21-17-15-20(16-18-21)28-34-30-32-19(3)26(29(38)33-24-13-9-10-14-25(24)39-4)27(37(30)35-28)22-11-7-8-12-23(22)31/h7-18,27H,5-6H2,1-4H3,(H,33,38)(H,32,34,35). The van der Waals surface area contributed by atoms with Crippen LogP contribution >= 0.6 is 11.6 Å². The summed E-state index contributed by atoms with van der Waals surface area (Å²) in [5, 5.41) is 11.7. The number of hydrogen-bond donors (Lipinski definition) is 2. The second kappa shape index (κ2) is 11.2. The molecule has 1 atom stereocenters. The van der Waals surface area contributed by atoms with E-state index in [1.54, 1.807) is 23.9 Å². The van der Waals surface area contributed by atoms with Crippen LogP contribution in [0.25, 0.3) is 11.4 Å². The number of carbonyl (C=O) groups excluding carboxylic acids is 1. The molecule has 8 nitrogen and oxygen atoms in total. The lowest BCUT2D eigenvalue weighted by molar-refractivity contribution is -0.113. The Morgan fingerprint density at radius 3 is 2.44 bits per heavy atom. The monoisotopic (exact) mass is 542 g/mol. The van der Waals surface area contributed by atoms with E-state index < -0.39 is 6.04 Å². The summed E-state index contributed by atoms with van der Waals surface area (Å²) >= 11 is 6.69. The van der Waals surface area contributed by atoms with Crippen LogP contribution in [0.2, 0.25) is 5.02 Å². The van der Waals surface area contributed by atoms with Crippen molar-refractivity contribution in [3.05, 3.63) is 94.7 Å². The molecule has 9 heteroatoms. The average Bonchev–Trinajstić information content (AvgIpc) is 3.37. The highest BCUT2D eigenvalue weighted by Crippen LogP contribution is 2.39. The molecule has 1 aliphatic rings. The number of allylic oxidation sites excluding steroid dienone is 1. The Morgan fingerprint density at radius 2 is 1.74 bits per heavy atom. The van der Waals surface area contributed by atoms with Crippen LogP contribution in [0.4, 0.5) is 17.3 Å². The minimum absolute atomic E-state index is 0.291. The number of ether oxygens (including phenoxy) is 1. The molecule has 0 radical (unpaired) electrons. The third-order valence-electron chi connectivity index (χ3n) is 6.91. The van der Waals surface area contributed by atoms with E-state index in [-0.39, 0.29) is 5.91 Å². The average molecular weight is 543 g/mol. The van der Waals surface area contributed by atoms with Gasteiger partial charge < -0.3 is 20.3 Å². The summed E-state index contributed by atoms with van der Waals surface area (Å²) in [7, 11) is 1.57. The van der Waals surface area contributed by atoms with Gasteiger partial charge in [0, 0.05) is 40.6 Å². The fourth-order valence-corrected chi connectivity index (χ4v) is 5.14. The fourth-order valence-electron chi connectivity index (χ4n) is 4.90. The van der Waals surface area contributed by atoms with Crippen LogP contribution < -0.4 is 20.3 Å². The highest BCUT2D eigenvalue weighted by Gasteiger charge is 2.35. The number of para-hydroxylation sites is 2. The fraction of sp³-hybridized carbons (Fsp3) is 0.233. The molecular formula is C30H31ClN6O2. The van der Waals surface area contributed by atoms with E-state index in [0.717, 1.165) is 29.9 Å². The summed E-state index contributed by atoms with van der Waals surface area (Å²) in [5.41, 5.74) is 4.49. The molecule has 0 saturated heterocycles. The van der Waals surface area contributed by atoms with Crippen molar-refractivity contribution in [1.29, 1.82) is 0 Å². The number of aromatic nitrogens is 3. The number of anilines is 3. The molecule has 1 aromatic heterocycles. The molecule has 0 fully saturated rings. The number of hydrogen-bond acceptors (Lipinski definition) is 6. The van der Waals surface area contributed by atoms with Gasteiger partial charge in [-0.2, -0.15) is 4.98 Å². The number of methoxy groups -OCH3 is 1. The first-order valence-corrected chi connectivity index (χ1v) is 13.3. The molecule has 5 rings (SSSR count). The van der Waals surface area contributed by atoms with Gasteiger partial charge in [0.25, 0.3) is 5.91 Å². The van der Waals surface area contributed by atoms with Crippen LogP contribution in [-0.4, -0.2) is 40.9 Å². The Morgan fingerprint density at radius 1 is 1.05 bits per heavy atom. The zero-order valence-corrected chi connectivity index (χ0v) is 23.2. The largest absolute Gasteiger partial charge is 0.495 e. The molecular weight excluding hydrogens is 512 g/mol. The van der Waals surface area contributed by atoms with Crippen molar-refractivity contribution in [2.24, 2.45) is 0 Å². The lowest BCUT2D eigenvalue weighted by Crippen LogP contribution is -2.31. The zero-order chi connectivity index (χ0) is 27.5. The predicted molar refractivity (Wildman–Crippen MR) is 157 cm³/mol. The van der Waals surface area contributed by atoms with Crippen LogP contribution in [0.1, 0.15) is 32.4 Å². The molecule has 200 valence electrons. The van der Waals surface area contributed by atoms with Crippen molar-refractivity contribution in [3.8, 4) is 17.1 Å². The van der Waals surface area contributed by atoms with Crippen LogP contribution in [-0.2, 0) is 4.79 Å². The third-order valence-corrected chi connectivity index (χ3v) is 7.25. The lowest BCUT2D eigenvalue weighted by atomic mass is 9.95. The lowest BCUT2D eigenvalue weighted by Gasteiger charge is -2.29. The van der Waals surface area contributed by atoms with Gasteiger partial charge >= 0.3 is 0 Å². The van der Waals surface area contributed by atoms with Crippen molar-refractivity contribution in [2.75, 3.05) is 35.7 Å². The molecule has 0 saturated carbocycles. The molecule has 1 amide bonds. The number of nitrogens with one attached hydrogen (secondary N) is 2. The summed E-state index contributed by atoms with van der Waals surface area (Å²) in [6, 6.07) is 22.4. The third kappa shape index (κ3) is 5.07. The molecule has 39 heavy (non-hydrogen) atoms. The second-order valence-corrected chi connectivity index (χ2v) is 9.57. The summed E-state index contributed by atoms with van der Waals surface area (Å²) in [5.74, 6) is 1.37. The van der Waals surface area contributed by atoms with E-state index in [2.05, 4.69) is 41.5 Å². The van der Waals surface area contributed by atoms with Gasteiger partial charge in [0.2, 0.25) is 5.95 Å². The maximum Gasteiger partial charge on any atom is 0.255 e. The molecule has 0 spiro atoms. The number of carbonyl (C=O) groups is 1. The van der Waals surface area contributed by atoms with Crippen LogP contribution in [0.3, 0.4) is 0 Å². The molecule has 0 bridgehead atoms. The van der Waals surface area contributed by atoms with E-state index in [1.807, 2.05) is 55.5 Å². The number of fused-ring (bicyclic) bond motifs is 1. The van der Waals surface area contributed by atoms with E-state index in [9.17, 15) is 4.79 Å². The summed E-state index contributed by atoms with van der Waals surface area (Å²) in [4.78, 5) is 20.9. The minimum Gasteiger partial charge on any atom is -0.495 e. The quantitative estimate of drug-likeness (QED) is 0.269. The molecule has 1 aliphatic heterocycles. The molecule has 0 aliphatic carbocycles. The van der Waals surface area contributed by atoms with Gasteiger partial charge in [0.05, 0.1) is 18.4 Å². The first kappa shape index (κ1) is 26.3. The van der Waals surface area contributed by atoms with Crippen LogP contribution in [0, 0.1) is 0 Å². The van der Waals surface area contributed by atoms with Gasteiger partial charge in [-0.1, -0.05) is 41.9 Å². The maximum absolute atomic E-state index is 13.8. The Labute approximate surface area is 233 Å². The second-order valence-electron chi connectivity index (χ2n) is 9.16. The van der Waals surface area contributed by atoms with Crippen molar-refractivity contribution in [3.63, 3.8) is 0 Å². The molecule has 2 N–H and O–H groups in total. The van der Waals surface area contributed by atoms with Crippen molar-refractivity contribution in [1.82, 2.24) is 14.8 Å². The Kier molecular flexibility index (Phi) is 7.56. The van der Waals surface area contributed by atoms with Gasteiger partial charge in [-0.25, -0.2) is 4.68 Å². The number of halogens is 1. The molecule has 2 heterocycles. The number of nitrogens with zero attached hydrogens (tertiary/aromatic N) is 4. The van der Waals surface area contributed by atoms with Gasteiger partial charge in [-0.15, -0.1) is 5.10 Å². The SMILES string of the molecule is CCN(CC)c1ccc(-c2nc3n(n2)C(c2ccccc2Cl)C(C(=O)Nc2ccccc2OC)=C(C)N3)cc1. The number of benzene rings is 3. The normalized spacial score (nSPS) is 14.4. The number of rotatable bonds is 8. The summed E-state index contributed by atoms with van der Waals surface area (Å²) in [6.45, 7) is 8.00. The number of amides is 1. The minimum atomic E-state index is -0.596. The van der Waals surface area contributed by atoms with Crippen molar-refractivity contribution in [2.45, 2.75) is 26.8 Å². The van der Waals surface area contributed by atoms with E-state index in [4.69, 9.17) is 26.4 Å². The molecule has 1 unspecified atom stereocenters. The highest BCUT2D eigenvalue weighted by molar-refractivity contribution is 6.31. The Bertz CT molecular complexity index is 1520. The smallest absolute Gasteiger partial charge is 0.255 e. The van der Waals surface area contributed by atoms with Crippen LogP contribution in [0.5, 0.6) is 5.75 Å². The Hall–Kier alpha value is -4.30. The van der Waals surface area contributed by atoms with E-state index in [1.165, 1.54) is 0 Å². The summed E-state index contributed by atoms with van der Waals surface area (Å²) < 4.78 is 7.17. The van der Waals surface area contributed by atoms with Crippen molar-refractivity contribution >= 4 is 34.8 Å². The molecule has 4 aromatic rings. The van der Waals surface area contributed by atoms with Gasteiger partial charge in [0.15, 0.2) is 5.82 Å². The first-order valence-electron chi connectivity index (χ1n) is 12.9. The van der Waals surface area contributed by atoms with Crippen molar-refractivity contribution < 1.29 is 9.53 Å². The van der Waals surface area contributed by atoms with Gasteiger partial charge in [0.1, 0.15) is 11.8 Å². The maximum atomic E-state index is 13.8. The van der Waals surface area contributed by atoms with Gasteiger partial charge in [-0.3, -0.25) is 4.79 Å². The van der Waals surface area contributed by atoms with E-state index >= 15 is 0 Å². The predicted octanol–water partition coefficient (Wildman–Crippen LogP) is 6.38. The molecule has 3 aromatic carbocycles. The highest BCUT2D eigenvalue weighted by atomic mass is 35.5. The zero-order valence-electron chi connectivity index (χ0n) is 22.4. The first-order chi connectivity index (χ1) is 18.9. The Balaban J connectivity index is 1.56.